The van der Waals surface area contributed by atoms with Gasteiger partial charge in [0.2, 0.25) is 0 Å². The summed E-state index contributed by atoms with van der Waals surface area (Å²) in [5.74, 6) is 0. The highest BCUT2D eigenvalue weighted by molar-refractivity contribution is 6.67. The number of anilines is 2. The van der Waals surface area contributed by atoms with Crippen molar-refractivity contribution in [2.75, 3.05) is 37.9 Å². The van der Waals surface area contributed by atoms with E-state index < -0.39 is 17.1 Å². The van der Waals surface area contributed by atoms with E-state index in [2.05, 4.69) is 41.5 Å². The van der Waals surface area contributed by atoms with Crippen molar-refractivity contribution < 1.29 is 17.7 Å². The monoisotopic (exact) mass is 484 g/mol. The highest BCUT2D eigenvalue weighted by Gasteiger charge is 2.35. The zero-order chi connectivity index (χ0) is 24.0. The third-order valence-corrected chi connectivity index (χ3v) is 13.8. The smallest absolute Gasteiger partial charge is 0.337 e. The van der Waals surface area contributed by atoms with Crippen LogP contribution >= 0.6 is 0 Å². The van der Waals surface area contributed by atoms with Gasteiger partial charge in [0.15, 0.2) is 0 Å². The molecule has 0 unspecified atom stereocenters. The van der Waals surface area contributed by atoms with Gasteiger partial charge in [-0.3, -0.25) is 0 Å². The van der Waals surface area contributed by atoms with E-state index in [1.807, 2.05) is 12.1 Å². The first-order valence-electron chi connectivity index (χ1n) is 12.6. The predicted molar refractivity (Wildman–Crippen MR) is 140 cm³/mol. The summed E-state index contributed by atoms with van der Waals surface area (Å²) in [6.07, 6.45) is 3.78. The molecule has 4 N–H and O–H groups in total. The summed E-state index contributed by atoms with van der Waals surface area (Å²) >= 11 is 0. The summed E-state index contributed by atoms with van der Waals surface area (Å²) in [7, 11) is -4.29. The molecule has 186 valence electrons. The fourth-order valence-corrected chi connectivity index (χ4v) is 10.4. The molecule has 6 nitrogen and oxygen atoms in total. The van der Waals surface area contributed by atoms with Crippen LogP contribution in [0.2, 0.25) is 24.2 Å². The molecule has 32 heavy (non-hydrogen) atoms. The van der Waals surface area contributed by atoms with Crippen molar-refractivity contribution in [3.63, 3.8) is 0 Å². The normalized spacial score (nSPS) is 12.4. The zero-order valence-corrected chi connectivity index (χ0v) is 23.4. The van der Waals surface area contributed by atoms with E-state index in [-0.39, 0.29) is 0 Å². The SMILES string of the molecule is CCO[Si](CC)(CCCc1c(N)ccc(N)c1CCC[Si](CC)(OCC)OCC)OCC. The number of nitrogen functional groups attached to an aromatic ring is 2. The lowest BCUT2D eigenvalue weighted by Crippen LogP contribution is -2.41. The van der Waals surface area contributed by atoms with Crippen molar-refractivity contribution in [1.82, 2.24) is 0 Å². The summed E-state index contributed by atoms with van der Waals surface area (Å²) in [4.78, 5) is 0. The summed E-state index contributed by atoms with van der Waals surface area (Å²) in [6, 6.07) is 7.75. The van der Waals surface area contributed by atoms with Crippen LogP contribution in [0.15, 0.2) is 12.1 Å². The summed E-state index contributed by atoms with van der Waals surface area (Å²) in [5, 5.41) is 0. The fourth-order valence-electron chi connectivity index (χ4n) is 4.57. The molecule has 1 aromatic carbocycles. The molecule has 0 saturated carbocycles. The minimum absolute atomic E-state index is 0.703. The number of benzene rings is 1. The van der Waals surface area contributed by atoms with E-state index >= 15 is 0 Å². The molecular weight excluding hydrogens is 436 g/mol. The largest absolute Gasteiger partial charge is 0.398 e. The Morgan fingerprint density at radius 3 is 1.16 bits per heavy atom. The molecule has 0 bridgehead atoms. The van der Waals surface area contributed by atoms with Gasteiger partial charge in [0.25, 0.3) is 0 Å². The summed E-state index contributed by atoms with van der Waals surface area (Å²) in [5.41, 5.74) is 16.9. The van der Waals surface area contributed by atoms with Gasteiger partial charge in [0, 0.05) is 37.8 Å². The van der Waals surface area contributed by atoms with Crippen LogP contribution in [-0.4, -0.2) is 43.5 Å². The Morgan fingerprint density at radius 1 is 0.594 bits per heavy atom. The maximum atomic E-state index is 6.42. The van der Waals surface area contributed by atoms with Gasteiger partial charge in [-0.1, -0.05) is 13.8 Å². The number of hydrogen-bond donors (Lipinski definition) is 2. The maximum absolute atomic E-state index is 6.42. The lowest BCUT2D eigenvalue weighted by molar-refractivity contribution is 0.182. The third kappa shape index (κ3) is 8.46. The van der Waals surface area contributed by atoms with Gasteiger partial charge in [0.05, 0.1) is 0 Å². The zero-order valence-electron chi connectivity index (χ0n) is 21.4. The molecule has 0 atom stereocenters. The molecule has 0 aliphatic rings. The molecule has 0 heterocycles. The Balaban J connectivity index is 2.91. The fraction of sp³-hybridized carbons (Fsp3) is 0.750. The van der Waals surface area contributed by atoms with Gasteiger partial charge in [-0.15, -0.1) is 0 Å². The Kier molecular flexibility index (Phi) is 13.7. The van der Waals surface area contributed by atoms with Crippen LogP contribution in [0, 0.1) is 0 Å². The molecule has 0 fully saturated rings. The second-order valence-electron chi connectivity index (χ2n) is 8.17. The average molecular weight is 485 g/mol. The van der Waals surface area contributed by atoms with E-state index in [1.165, 1.54) is 11.1 Å². The maximum Gasteiger partial charge on any atom is 0.337 e. The number of nitrogens with two attached hydrogens (primary N) is 2. The van der Waals surface area contributed by atoms with Crippen LogP contribution in [0.4, 0.5) is 11.4 Å². The van der Waals surface area contributed by atoms with Gasteiger partial charge in [-0.2, -0.15) is 0 Å². The second kappa shape index (κ2) is 15.1. The summed E-state index contributed by atoms with van der Waals surface area (Å²) < 4.78 is 24.6. The molecule has 1 aromatic rings. The molecule has 0 saturated heterocycles. The molecule has 0 radical (unpaired) electrons. The second-order valence-corrected chi connectivity index (χ2v) is 15.4. The van der Waals surface area contributed by atoms with Crippen LogP contribution in [-0.2, 0) is 30.5 Å². The molecule has 0 aromatic heterocycles. The standard InChI is InChI=1S/C24H48N2O4Si2/c1-7-27-31(11-5,28-8-2)19-13-15-21-22(24(26)18-17-23(21)25)16-14-20-32(12-6,29-9-3)30-10-4/h17-18H,7-16,19-20,25-26H2,1-6H3. The number of rotatable bonds is 18. The van der Waals surface area contributed by atoms with E-state index in [9.17, 15) is 0 Å². The number of hydrogen-bond acceptors (Lipinski definition) is 6. The van der Waals surface area contributed by atoms with Gasteiger partial charge < -0.3 is 29.2 Å². The van der Waals surface area contributed by atoms with Gasteiger partial charge >= 0.3 is 17.1 Å². The van der Waals surface area contributed by atoms with Gasteiger partial charge in [-0.05, 0) is 101 Å². The molecule has 0 aliphatic carbocycles. The van der Waals surface area contributed by atoms with E-state index in [4.69, 9.17) is 29.2 Å². The van der Waals surface area contributed by atoms with E-state index in [1.54, 1.807) is 0 Å². The van der Waals surface area contributed by atoms with Crippen LogP contribution in [0.1, 0.15) is 65.5 Å². The Bertz CT molecular complexity index is 594. The minimum Gasteiger partial charge on any atom is -0.398 e. The highest BCUT2D eigenvalue weighted by Crippen LogP contribution is 2.30. The van der Waals surface area contributed by atoms with Crippen molar-refractivity contribution in [3.8, 4) is 0 Å². The first kappa shape index (κ1) is 29.1. The molecule has 0 spiro atoms. The van der Waals surface area contributed by atoms with Gasteiger partial charge in [-0.25, -0.2) is 0 Å². The highest BCUT2D eigenvalue weighted by atomic mass is 28.4. The van der Waals surface area contributed by atoms with Crippen molar-refractivity contribution in [2.45, 2.75) is 91.4 Å². The minimum atomic E-state index is -2.14. The first-order chi connectivity index (χ1) is 15.4. The van der Waals surface area contributed by atoms with Crippen LogP contribution in [0.25, 0.3) is 0 Å². The summed E-state index contributed by atoms with van der Waals surface area (Å²) in [6.45, 7) is 15.4. The predicted octanol–water partition coefficient (Wildman–Crippen LogP) is 5.79. The quantitative estimate of drug-likeness (QED) is 0.203. The van der Waals surface area contributed by atoms with Crippen LogP contribution < -0.4 is 11.5 Å². The molecule has 1 rings (SSSR count). The first-order valence-corrected chi connectivity index (χ1v) is 17.0. The molecule has 0 aliphatic heterocycles. The third-order valence-electron chi connectivity index (χ3n) is 6.18. The van der Waals surface area contributed by atoms with Crippen molar-refractivity contribution in [1.29, 1.82) is 0 Å². The topological polar surface area (TPSA) is 89.0 Å². The van der Waals surface area contributed by atoms with Crippen molar-refractivity contribution in [2.24, 2.45) is 0 Å². The Morgan fingerprint density at radius 2 is 0.906 bits per heavy atom. The van der Waals surface area contributed by atoms with Crippen LogP contribution in [0.5, 0.6) is 0 Å². The Labute approximate surface area is 198 Å². The van der Waals surface area contributed by atoms with Gasteiger partial charge in [0.1, 0.15) is 0 Å². The van der Waals surface area contributed by atoms with E-state index in [0.717, 1.165) is 61.2 Å². The lowest BCUT2D eigenvalue weighted by Gasteiger charge is -2.29. The Hall–Kier alpha value is -0.906. The van der Waals surface area contributed by atoms with E-state index in [0.29, 0.717) is 26.4 Å². The molecular formula is C24H48N2O4Si2. The van der Waals surface area contributed by atoms with Crippen molar-refractivity contribution >= 4 is 28.5 Å². The lowest BCUT2D eigenvalue weighted by atomic mass is 9.96. The van der Waals surface area contributed by atoms with Crippen LogP contribution in [0.3, 0.4) is 0 Å². The molecule has 0 amide bonds. The molecule has 8 heteroatoms. The average Bonchev–Trinajstić information content (AvgIpc) is 2.78. The van der Waals surface area contributed by atoms with Crippen molar-refractivity contribution in [3.05, 3.63) is 23.3 Å².